The van der Waals surface area contributed by atoms with E-state index in [1.165, 1.54) is 16.5 Å². The number of aromatic nitrogens is 1. The average Bonchev–Trinajstić information content (AvgIpc) is 3.14. The van der Waals surface area contributed by atoms with Crippen LogP contribution in [0.5, 0.6) is 11.5 Å². The summed E-state index contributed by atoms with van der Waals surface area (Å²) in [4.78, 5) is 7.60. The highest BCUT2D eigenvalue weighted by atomic mass is 16.5. The highest BCUT2D eigenvalue weighted by Crippen LogP contribution is 2.20. The summed E-state index contributed by atoms with van der Waals surface area (Å²) in [6.07, 6.45) is 2.98. The first kappa shape index (κ1) is 19.6. The average molecular weight is 380 g/mol. The summed E-state index contributed by atoms with van der Waals surface area (Å²) in [6.45, 7) is 3.46. The SMILES string of the molecule is CN=C(NCCc1c[nH]c2ccccc12)NCC(C)Oc1cccc(OC)c1. The molecule has 0 radical (unpaired) electrons. The number of nitrogens with one attached hydrogen (secondary N) is 3. The number of aromatic amines is 1. The molecule has 1 unspecified atom stereocenters. The number of hydrogen-bond acceptors (Lipinski definition) is 3. The molecule has 1 heterocycles. The van der Waals surface area contributed by atoms with Crippen LogP contribution in [0.2, 0.25) is 0 Å². The molecule has 0 aliphatic heterocycles. The molecule has 28 heavy (non-hydrogen) atoms. The molecule has 0 saturated heterocycles. The van der Waals surface area contributed by atoms with E-state index in [0.717, 1.165) is 30.4 Å². The van der Waals surface area contributed by atoms with E-state index in [1.54, 1.807) is 14.2 Å². The summed E-state index contributed by atoms with van der Waals surface area (Å²) in [7, 11) is 3.42. The topological polar surface area (TPSA) is 70.7 Å². The van der Waals surface area contributed by atoms with Crippen LogP contribution in [0.3, 0.4) is 0 Å². The van der Waals surface area contributed by atoms with Crippen LogP contribution in [0.4, 0.5) is 0 Å². The van der Waals surface area contributed by atoms with Gasteiger partial charge in [0, 0.05) is 36.8 Å². The molecule has 2 aromatic carbocycles. The normalized spacial score (nSPS) is 12.6. The van der Waals surface area contributed by atoms with Gasteiger partial charge in [-0.15, -0.1) is 0 Å². The van der Waals surface area contributed by atoms with E-state index in [1.807, 2.05) is 37.3 Å². The first-order chi connectivity index (χ1) is 13.7. The summed E-state index contributed by atoms with van der Waals surface area (Å²) in [5.41, 5.74) is 2.47. The predicted octanol–water partition coefficient (Wildman–Crippen LogP) is 3.35. The van der Waals surface area contributed by atoms with Crippen molar-refractivity contribution in [1.29, 1.82) is 0 Å². The van der Waals surface area contributed by atoms with E-state index in [-0.39, 0.29) is 6.10 Å². The molecule has 6 heteroatoms. The maximum Gasteiger partial charge on any atom is 0.191 e. The summed E-state index contributed by atoms with van der Waals surface area (Å²) >= 11 is 0. The number of H-pyrrole nitrogens is 1. The lowest BCUT2D eigenvalue weighted by Gasteiger charge is -2.18. The zero-order valence-electron chi connectivity index (χ0n) is 16.7. The second-order valence-electron chi connectivity index (χ2n) is 6.60. The second-order valence-corrected chi connectivity index (χ2v) is 6.60. The van der Waals surface area contributed by atoms with Crippen LogP contribution in [0.1, 0.15) is 12.5 Å². The number of aliphatic imine (C=N–C) groups is 1. The first-order valence-corrected chi connectivity index (χ1v) is 9.50. The number of para-hydroxylation sites is 1. The minimum atomic E-state index is -0.0146. The minimum Gasteiger partial charge on any atom is -0.497 e. The van der Waals surface area contributed by atoms with Gasteiger partial charge >= 0.3 is 0 Å². The Balaban J connectivity index is 1.44. The molecule has 1 atom stereocenters. The first-order valence-electron chi connectivity index (χ1n) is 9.50. The summed E-state index contributed by atoms with van der Waals surface area (Å²) in [6, 6.07) is 16.0. The van der Waals surface area contributed by atoms with Gasteiger partial charge in [0.1, 0.15) is 17.6 Å². The van der Waals surface area contributed by atoms with Crippen LogP contribution in [-0.2, 0) is 6.42 Å². The van der Waals surface area contributed by atoms with Gasteiger partial charge in [0.05, 0.1) is 13.7 Å². The molecular weight excluding hydrogens is 352 g/mol. The molecule has 3 aromatic rings. The smallest absolute Gasteiger partial charge is 0.191 e. The van der Waals surface area contributed by atoms with E-state index in [9.17, 15) is 0 Å². The molecule has 0 aliphatic rings. The van der Waals surface area contributed by atoms with Crippen molar-refractivity contribution in [3.8, 4) is 11.5 Å². The largest absolute Gasteiger partial charge is 0.497 e. The van der Waals surface area contributed by atoms with Crippen LogP contribution in [0.25, 0.3) is 10.9 Å². The number of benzene rings is 2. The number of rotatable bonds is 8. The van der Waals surface area contributed by atoms with Crippen molar-refractivity contribution in [1.82, 2.24) is 15.6 Å². The van der Waals surface area contributed by atoms with Gasteiger partial charge in [-0.1, -0.05) is 24.3 Å². The Morgan fingerprint density at radius 1 is 1.11 bits per heavy atom. The fourth-order valence-electron chi connectivity index (χ4n) is 3.06. The molecule has 3 N–H and O–H groups in total. The molecule has 148 valence electrons. The van der Waals surface area contributed by atoms with Gasteiger partial charge in [0.2, 0.25) is 0 Å². The number of guanidine groups is 1. The van der Waals surface area contributed by atoms with E-state index in [0.29, 0.717) is 6.54 Å². The third-order valence-electron chi connectivity index (χ3n) is 4.52. The van der Waals surface area contributed by atoms with Gasteiger partial charge in [-0.2, -0.15) is 0 Å². The van der Waals surface area contributed by atoms with E-state index in [4.69, 9.17) is 9.47 Å². The quantitative estimate of drug-likeness (QED) is 0.414. The van der Waals surface area contributed by atoms with E-state index in [2.05, 4.69) is 45.0 Å². The summed E-state index contributed by atoms with van der Waals surface area (Å²) < 4.78 is 11.2. The molecule has 0 aliphatic carbocycles. The molecule has 0 saturated carbocycles. The lowest BCUT2D eigenvalue weighted by molar-refractivity contribution is 0.223. The lowest BCUT2D eigenvalue weighted by Crippen LogP contribution is -2.42. The Morgan fingerprint density at radius 2 is 1.93 bits per heavy atom. The Hall–Kier alpha value is -3.15. The molecule has 0 bridgehead atoms. The predicted molar refractivity (Wildman–Crippen MR) is 114 cm³/mol. The zero-order valence-corrected chi connectivity index (χ0v) is 16.7. The van der Waals surface area contributed by atoms with Gasteiger partial charge in [-0.3, -0.25) is 4.99 Å². The number of ether oxygens (including phenoxy) is 2. The summed E-state index contributed by atoms with van der Waals surface area (Å²) in [5.74, 6) is 2.34. The van der Waals surface area contributed by atoms with E-state index >= 15 is 0 Å². The van der Waals surface area contributed by atoms with Crippen LogP contribution in [0, 0.1) is 0 Å². The van der Waals surface area contributed by atoms with Crippen molar-refractivity contribution >= 4 is 16.9 Å². The van der Waals surface area contributed by atoms with Crippen molar-refractivity contribution in [2.45, 2.75) is 19.4 Å². The fourth-order valence-corrected chi connectivity index (χ4v) is 3.06. The number of methoxy groups -OCH3 is 1. The van der Waals surface area contributed by atoms with Crippen LogP contribution >= 0.6 is 0 Å². The molecular formula is C22H28N4O2. The fraction of sp³-hybridized carbons (Fsp3) is 0.318. The van der Waals surface area contributed by atoms with Crippen molar-refractivity contribution in [3.63, 3.8) is 0 Å². The monoisotopic (exact) mass is 380 g/mol. The highest BCUT2D eigenvalue weighted by Gasteiger charge is 2.07. The second kappa shape index (κ2) is 9.69. The lowest BCUT2D eigenvalue weighted by atomic mass is 10.1. The zero-order chi connectivity index (χ0) is 19.8. The maximum absolute atomic E-state index is 5.93. The molecule has 0 amide bonds. The molecule has 6 nitrogen and oxygen atoms in total. The third-order valence-corrected chi connectivity index (χ3v) is 4.52. The molecule has 0 fully saturated rings. The van der Waals surface area contributed by atoms with Crippen LogP contribution in [-0.4, -0.2) is 44.3 Å². The number of nitrogens with zero attached hydrogens (tertiary/aromatic N) is 1. The van der Waals surface area contributed by atoms with Gasteiger partial charge in [0.25, 0.3) is 0 Å². The summed E-state index contributed by atoms with van der Waals surface area (Å²) in [5, 5.41) is 7.94. The van der Waals surface area contributed by atoms with Gasteiger partial charge < -0.3 is 25.1 Å². The standard InChI is InChI=1S/C22H28N4O2/c1-16(28-19-8-6-7-18(13-19)27-3)14-26-22(23-2)24-12-11-17-15-25-21-10-5-4-9-20(17)21/h4-10,13,15-16,25H,11-12,14H2,1-3H3,(H2,23,24,26). The molecule has 1 aromatic heterocycles. The van der Waals surface area contributed by atoms with Crippen LogP contribution < -0.4 is 20.1 Å². The Labute approximate surface area is 166 Å². The maximum atomic E-state index is 5.93. The van der Waals surface area contributed by atoms with Crippen molar-refractivity contribution in [2.24, 2.45) is 4.99 Å². The van der Waals surface area contributed by atoms with Gasteiger partial charge in [0.15, 0.2) is 5.96 Å². The number of hydrogen-bond donors (Lipinski definition) is 3. The molecule has 0 spiro atoms. The van der Waals surface area contributed by atoms with Gasteiger partial charge in [-0.25, -0.2) is 0 Å². The van der Waals surface area contributed by atoms with Gasteiger partial charge in [-0.05, 0) is 37.1 Å². The molecule has 3 rings (SSSR count). The Morgan fingerprint density at radius 3 is 2.75 bits per heavy atom. The number of fused-ring (bicyclic) bond motifs is 1. The van der Waals surface area contributed by atoms with Crippen molar-refractivity contribution in [2.75, 3.05) is 27.2 Å². The van der Waals surface area contributed by atoms with Crippen LogP contribution in [0.15, 0.2) is 59.7 Å². The third kappa shape index (κ3) is 5.19. The van der Waals surface area contributed by atoms with E-state index < -0.39 is 0 Å². The Kier molecular flexibility index (Phi) is 6.78. The minimum absolute atomic E-state index is 0.0146. The highest BCUT2D eigenvalue weighted by molar-refractivity contribution is 5.83. The van der Waals surface area contributed by atoms with Crippen molar-refractivity contribution < 1.29 is 9.47 Å². The van der Waals surface area contributed by atoms with Crippen molar-refractivity contribution in [3.05, 3.63) is 60.3 Å². The Bertz CT molecular complexity index is 920.